The minimum atomic E-state index is -0.209. The summed E-state index contributed by atoms with van der Waals surface area (Å²) in [6.45, 7) is 4.29. The highest BCUT2D eigenvalue weighted by Gasteiger charge is 2.19. The standard InChI is InChI=1S/C24H21N3O3S/c1-3-29-20-15-21(17-8-5-4-6-9-17)31-22(20)23(28)27-19-11-10-18(14-16(19)2)30-24-25-12-7-13-26-24/h4-15H,3H2,1-2H3,(H,27,28). The number of hydrogen-bond donors (Lipinski definition) is 1. The third-order valence-corrected chi connectivity index (χ3v) is 5.62. The van der Waals surface area contributed by atoms with Crippen molar-refractivity contribution in [3.05, 3.63) is 83.5 Å². The van der Waals surface area contributed by atoms with Crippen LogP contribution in [0.1, 0.15) is 22.2 Å². The molecular formula is C24H21N3O3S. The summed E-state index contributed by atoms with van der Waals surface area (Å²) in [4.78, 5) is 22.7. The molecule has 2 heterocycles. The normalized spacial score (nSPS) is 10.5. The molecule has 4 aromatic rings. The van der Waals surface area contributed by atoms with Crippen LogP contribution in [0.25, 0.3) is 10.4 Å². The Morgan fingerprint density at radius 1 is 1.03 bits per heavy atom. The second-order valence-corrected chi connectivity index (χ2v) is 7.72. The fourth-order valence-corrected chi connectivity index (χ4v) is 4.00. The molecule has 0 radical (unpaired) electrons. The summed E-state index contributed by atoms with van der Waals surface area (Å²) in [6, 6.07) is 19.3. The molecule has 0 unspecified atom stereocenters. The number of ether oxygens (including phenoxy) is 2. The number of thiophene rings is 1. The summed E-state index contributed by atoms with van der Waals surface area (Å²) in [5, 5.41) is 2.99. The van der Waals surface area contributed by atoms with Crippen molar-refractivity contribution in [3.63, 3.8) is 0 Å². The predicted octanol–water partition coefficient (Wildman–Crippen LogP) is 5.96. The van der Waals surface area contributed by atoms with Crippen molar-refractivity contribution in [2.75, 3.05) is 11.9 Å². The summed E-state index contributed by atoms with van der Waals surface area (Å²) in [7, 11) is 0. The van der Waals surface area contributed by atoms with Crippen LogP contribution in [0.5, 0.6) is 17.5 Å². The molecule has 0 atom stereocenters. The number of aromatic nitrogens is 2. The molecule has 0 aliphatic rings. The van der Waals surface area contributed by atoms with E-state index in [-0.39, 0.29) is 11.9 Å². The zero-order chi connectivity index (χ0) is 21.6. The van der Waals surface area contributed by atoms with E-state index < -0.39 is 0 Å². The summed E-state index contributed by atoms with van der Waals surface area (Å²) >= 11 is 1.41. The molecule has 156 valence electrons. The molecule has 0 spiro atoms. The van der Waals surface area contributed by atoms with E-state index in [1.807, 2.05) is 56.3 Å². The van der Waals surface area contributed by atoms with E-state index in [1.54, 1.807) is 30.6 Å². The van der Waals surface area contributed by atoms with Gasteiger partial charge in [0, 0.05) is 23.0 Å². The minimum absolute atomic E-state index is 0.209. The van der Waals surface area contributed by atoms with Gasteiger partial charge in [-0.05, 0) is 55.3 Å². The van der Waals surface area contributed by atoms with Crippen molar-refractivity contribution < 1.29 is 14.3 Å². The van der Waals surface area contributed by atoms with Crippen LogP contribution in [-0.2, 0) is 0 Å². The van der Waals surface area contributed by atoms with Gasteiger partial charge in [-0.2, -0.15) is 0 Å². The third-order valence-electron chi connectivity index (χ3n) is 4.46. The number of hydrogen-bond acceptors (Lipinski definition) is 6. The topological polar surface area (TPSA) is 73.3 Å². The lowest BCUT2D eigenvalue weighted by molar-refractivity contribution is 0.102. The molecule has 0 saturated carbocycles. The number of amides is 1. The first-order valence-electron chi connectivity index (χ1n) is 9.83. The van der Waals surface area contributed by atoms with Crippen molar-refractivity contribution in [2.24, 2.45) is 0 Å². The zero-order valence-electron chi connectivity index (χ0n) is 17.2. The summed E-state index contributed by atoms with van der Waals surface area (Å²) in [6.07, 6.45) is 3.23. The largest absolute Gasteiger partial charge is 0.492 e. The summed E-state index contributed by atoms with van der Waals surface area (Å²) in [5.41, 5.74) is 2.61. The highest BCUT2D eigenvalue weighted by Crippen LogP contribution is 2.37. The average Bonchev–Trinajstić information content (AvgIpc) is 3.21. The van der Waals surface area contributed by atoms with Crippen LogP contribution in [0.3, 0.4) is 0 Å². The van der Waals surface area contributed by atoms with Gasteiger partial charge in [-0.3, -0.25) is 4.79 Å². The molecule has 0 saturated heterocycles. The lowest BCUT2D eigenvalue weighted by Gasteiger charge is -2.11. The Morgan fingerprint density at radius 2 is 1.81 bits per heavy atom. The molecule has 6 nitrogen and oxygen atoms in total. The van der Waals surface area contributed by atoms with Gasteiger partial charge in [0.1, 0.15) is 16.4 Å². The summed E-state index contributed by atoms with van der Waals surface area (Å²) in [5.74, 6) is 0.973. The molecule has 2 aromatic heterocycles. The molecule has 4 rings (SSSR count). The van der Waals surface area contributed by atoms with E-state index in [1.165, 1.54) is 11.3 Å². The van der Waals surface area contributed by atoms with Crippen molar-refractivity contribution in [2.45, 2.75) is 13.8 Å². The van der Waals surface area contributed by atoms with E-state index in [9.17, 15) is 4.79 Å². The average molecular weight is 432 g/mol. The van der Waals surface area contributed by atoms with Gasteiger partial charge in [-0.1, -0.05) is 30.3 Å². The van der Waals surface area contributed by atoms with Gasteiger partial charge < -0.3 is 14.8 Å². The monoisotopic (exact) mass is 431 g/mol. The Balaban J connectivity index is 1.54. The Hall–Kier alpha value is -3.71. The molecule has 7 heteroatoms. The number of benzene rings is 2. The molecule has 1 amide bonds. The fraction of sp³-hybridized carbons (Fsp3) is 0.125. The van der Waals surface area contributed by atoms with E-state index in [4.69, 9.17) is 9.47 Å². The maximum atomic E-state index is 13.1. The Morgan fingerprint density at radius 3 is 2.52 bits per heavy atom. The van der Waals surface area contributed by atoms with Gasteiger partial charge in [0.25, 0.3) is 5.91 Å². The summed E-state index contributed by atoms with van der Waals surface area (Å²) < 4.78 is 11.4. The van der Waals surface area contributed by atoms with Crippen LogP contribution < -0.4 is 14.8 Å². The number of rotatable bonds is 7. The first kappa shape index (κ1) is 20.6. The molecule has 0 bridgehead atoms. The molecule has 1 N–H and O–H groups in total. The number of carbonyl (C=O) groups excluding carboxylic acids is 1. The minimum Gasteiger partial charge on any atom is -0.492 e. The van der Waals surface area contributed by atoms with Crippen LogP contribution in [0.15, 0.2) is 73.1 Å². The highest BCUT2D eigenvalue weighted by molar-refractivity contribution is 7.17. The Bertz CT molecular complexity index is 1180. The third kappa shape index (κ3) is 4.90. The van der Waals surface area contributed by atoms with E-state index in [0.29, 0.717) is 28.7 Å². The molecule has 0 fully saturated rings. The number of aryl methyl sites for hydroxylation is 1. The zero-order valence-corrected chi connectivity index (χ0v) is 18.0. The quantitative estimate of drug-likeness (QED) is 0.391. The Kier molecular flexibility index (Phi) is 6.24. The first-order valence-corrected chi connectivity index (χ1v) is 10.6. The van der Waals surface area contributed by atoms with E-state index in [0.717, 1.165) is 16.0 Å². The number of anilines is 1. The van der Waals surface area contributed by atoms with Crippen LogP contribution in [-0.4, -0.2) is 22.5 Å². The second kappa shape index (κ2) is 9.40. The molecule has 31 heavy (non-hydrogen) atoms. The smallest absolute Gasteiger partial charge is 0.321 e. The van der Waals surface area contributed by atoms with Crippen molar-refractivity contribution in [1.29, 1.82) is 0 Å². The maximum Gasteiger partial charge on any atom is 0.321 e. The van der Waals surface area contributed by atoms with Crippen molar-refractivity contribution >= 4 is 22.9 Å². The number of carbonyl (C=O) groups is 1. The molecular weight excluding hydrogens is 410 g/mol. The number of nitrogens with one attached hydrogen (secondary N) is 1. The SMILES string of the molecule is CCOc1cc(-c2ccccc2)sc1C(=O)Nc1ccc(Oc2ncccn2)cc1C. The number of nitrogens with zero attached hydrogens (tertiary/aromatic N) is 2. The van der Waals surface area contributed by atoms with Gasteiger partial charge in [0.2, 0.25) is 0 Å². The molecule has 0 aliphatic heterocycles. The lowest BCUT2D eigenvalue weighted by Crippen LogP contribution is -2.12. The van der Waals surface area contributed by atoms with Crippen LogP contribution >= 0.6 is 11.3 Å². The van der Waals surface area contributed by atoms with Gasteiger partial charge >= 0.3 is 6.01 Å². The second-order valence-electron chi connectivity index (χ2n) is 6.67. The lowest BCUT2D eigenvalue weighted by atomic mass is 10.2. The van der Waals surface area contributed by atoms with Crippen molar-refractivity contribution in [1.82, 2.24) is 9.97 Å². The molecule has 2 aromatic carbocycles. The van der Waals surface area contributed by atoms with Crippen LogP contribution in [0.4, 0.5) is 5.69 Å². The van der Waals surface area contributed by atoms with Gasteiger partial charge in [-0.25, -0.2) is 9.97 Å². The maximum absolute atomic E-state index is 13.1. The fourth-order valence-electron chi connectivity index (χ4n) is 3.00. The van der Waals surface area contributed by atoms with Crippen LogP contribution in [0, 0.1) is 6.92 Å². The predicted molar refractivity (Wildman–Crippen MR) is 122 cm³/mol. The van der Waals surface area contributed by atoms with Gasteiger partial charge in [0.05, 0.1) is 6.61 Å². The van der Waals surface area contributed by atoms with E-state index in [2.05, 4.69) is 15.3 Å². The van der Waals surface area contributed by atoms with Gasteiger partial charge in [0.15, 0.2) is 0 Å². The van der Waals surface area contributed by atoms with Gasteiger partial charge in [-0.15, -0.1) is 11.3 Å². The van der Waals surface area contributed by atoms with Crippen LogP contribution in [0.2, 0.25) is 0 Å². The van der Waals surface area contributed by atoms with E-state index >= 15 is 0 Å². The Labute approximate surface area is 184 Å². The first-order chi connectivity index (χ1) is 15.1. The molecule has 0 aliphatic carbocycles. The highest BCUT2D eigenvalue weighted by atomic mass is 32.1. The van der Waals surface area contributed by atoms with Crippen molar-refractivity contribution in [3.8, 4) is 28.0 Å².